The Labute approximate surface area is 109 Å². The van der Waals surface area contributed by atoms with E-state index < -0.39 is 5.97 Å². The molecule has 1 rings (SSSR count). The molecule has 1 aromatic rings. The minimum absolute atomic E-state index is 0.0463. The predicted octanol–water partition coefficient (Wildman–Crippen LogP) is 3.42. The zero-order valence-corrected chi connectivity index (χ0v) is 11.6. The minimum Gasteiger partial charge on any atom is -0.481 e. The molecule has 0 aliphatic heterocycles. The third-order valence-corrected chi connectivity index (χ3v) is 2.33. The number of ketones is 1. The molecule has 3 heteroatoms. The zero-order valence-electron chi connectivity index (χ0n) is 11.6. The normalized spacial score (nSPS) is 10.2. The molecule has 3 nitrogen and oxygen atoms in total. The van der Waals surface area contributed by atoms with Crippen LogP contribution in [-0.2, 0) is 15.0 Å². The first-order valence-electron chi connectivity index (χ1n) is 6.00. The largest absolute Gasteiger partial charge is 0.481 e. The van der Waals surface area contributed by atoms with Gasteiger partial charge in [0, 0.05) is 6.42 Å². The van der Waals surface area contributed by atoms with E-state index in [1.54, 1.807) is 0 Å². The van der Waals surface area contributed by atoms with Gasteiger partial charge < -0.3 is 9.90 Å². The summed E-state index contributed by atoms with van der Waals surface area (Å²) in [5.74, 6) is -0.993. The number of carboxylic acids is 1. The van der Waals surface area contributed by atoms with Crippen LogP contribution in [0.2, 0.25) is 0 Å². The molecule has 0 saturated heterocycles. The number of aliphatic carboxylic acids is 1. The number of carbonyl (C=O) groups is 2. The Balaban J connectivity index is 0.000000331. The highest BCUT2D eigenvalue weighted by Crippen LogP contribution is 2.20. The summed E-state index contributed by atoms with van der Waals surface area (Å²) < 4.78 is 0. The summed E-state index contributed by atoms with van der Waals surface area (Å²) in [5.41, 5.74) is 1.69. The van der Waals surface area contributed by atoms with Crippen LogP contribution in [0, 0.1) is 0 Å². The van der Waals surface area contributed by atoms with Crippen LogP contribution in [0.1, 0.15) is 46.1 Å². The van der Waals surface area contributed by atoms with Crippen LogP contribution in [0.4, 0.5) is 0 Å². The standard InChI is InChI=1S/C10H14.C5H8O3/c1-10(2,3)9-7-5-4-6-8-9;1-4(6)2-3-5(7)8/h4-8H,1-3H3;2-3H2,1H3,(H,7,8). The van der Waals surface area contributed by atoms with Crippen LogP contribution in [0.25, 0.3) is 0 Å². The number of carboxylic acid groups (broad SMARTS) is 1. The van der Waals surface area contributed by atoms with Gasteiger partial charge in [-0.25, -0.2) is 0 Å². The summed E-state index contributed by atoms with van der Waals surface area (Å²) >= 11 is 0. The van der Waals surface area contributed by atoms with Gasteiger partial charge in [-0.3, -0.25) is 4.79 Å². The van der Waals surface area contributed by atoms with E-state index in [1.165, 1.54) is 12.5 Å². The van der Waals surface area contributed by atoms with Gasteiger partial charge in [-0.15, -0.1) is 0 Å². The maximum Gasteiger partial charge on any atom is 0.303 e. The molecular formula is C15H22O3. The van der Waals surface area contributed by atoms with E-state index in [0.717, 1.165) is 0 Å². The summed E-state index contributed by atoms with van der Waals surface area (Å²) in [7, 11) is 0. The van der Waals surface area contributed by atoms with Gasteiger partial charge in [0.05, 0.1) is 6.42 Å². The molecule has 0 radical (unpaired) electrons. The average molecular weight is 250 g/mol. The Morgan fingerprint density at radius 1 is 1.06 bits per heavy atom. The third-order valence-electron chi connectivity index (χ3n) is 2.33. The van der Waals surface area contributed by atoms with Crippen molar-refractivity contribution >= 4 is 11.8 Å². The first kappa shape index (κ1) is 16.4. The molecule has 0 unspecified atom stereocenters. The second-order valence-corrected chi connectivity index (χ2v) is 5.21. The van der Waals surface area contributed by atoms with Gasteiger partial charge in [0.25, 0.3) is 0 Å². The van der Waals surface area contributed by atoms with Crippen molar-refractivity contribution in [2.75, 3.05) is 0 Å². The molecule has 0 atom stereocenters. The van der Waals surface area contributed by atoms with E-state index in [1.807, 2.05) is 0 Å². The Hall–Kier alpha value is -1.64. The number of hydrogen-bond donors (Lipinski definition) is 1. The van der Waals surface area contributed by atoms with Crippen LogP contribution in [0.3, 0.4) is 0 Å². The van der Waals surface area contributed by atoms with Crippen LogP contribution in [0.15, 0.2) is 30.3 Å². The van der Waals surface area contributed by atoms with Crippen LogP contribution >= 0.6 is 0 Å². The van der Waals surface area contributed by atoms with Crippen molar-refractivity contribution in [3.8, 4) is 0 Å². The van der Waals surface area contributed by atoms with Crippen LogP contribution in [0.5, 0.6) is 0 Å². The van der Waals surface area contributed by atoms with E-state index in [9.17, 15) is 9.59 Å². The van der Waals surface area contributed by atoms with E-state index in [4.69, 9.17) is 5.11 Å². The molecule has 0 saturated carbocycles. The molecule has 1 aromatic carbocycles. The molecule has 0 aliphatic rings. The Bertz CT molecular complexity index is 360. The zero-order chi connectivity index (χ0) is 14.2. The molecular weight excluding hydrogens is 228 g/mol. The summed E-state index contributed by atoms with van der Waals surface area (Å²) in [6.45, 7) is 8.05. The molecule has 100 valence electrons. The second-order valence-electron chi connectivity index (χ2n) is 5.21. The topological polar surface area (TPSA) is 54.4 Å². The predicted molar refractivity (Wildman–Crippen MR) is 72.7 cm³/mol. The van der Waals surface area contributed by atoms with E-state index >= 15 is 0 Å². The maximum absolute atomic E-state index is 10.1. The van der Waals surface area contributed by atoms with Crippen molar-refractivity contribution in [3.63, 3.8) is 0 Å². The SMILES string of the molecule is CC(=O)CCC(=O)O.CC(C)(C)c1ccccc1. The smallest absolute Gasteiger partial charge is 0.303 e. The molecule has 1 N–H and O–H groups in total. The van der Waals surface area contributed by atoms with Crippen molar-refractivity contribution in [1.82, 2.24) is 0 Å². The molecule has 18 heavy (non-hydrogen) atoms. The highest BCUT2D eigenvalue weighted by molar-refractivity contribution is 5.80. The maximum atomic E-state index is 10.1. The number of benzene rings is 1. The quantitative estimate of drug-likeness (QED) is 0.894. The molecule has 0 aliphatic carbocycles. The third kappa shape index (κ3) is 8.50. The van der Waals surface area contributed by atoms with E-state index in [-0.39, 0.29) is 18.6 Å². The number of rotatable bonds is 3. The Kier molecular flexibility index (Phi) is 6.94. The lowest BCUT2D eigenvalue weighted by atomic mass is 9.87. The van der Waals surface area contributed by atoms with Gasteiger partial charge in [-0.05, 0) is 17.9 Å². The fraction of sp³-hybridized carbons (Fsp3) is 0.467. The Morgan fingerprint density at radius 3 is 1.78 bits per heavy atom. The number of carbonyl (C=O) groups excluding carboxylic acids is 1. The average Bonchev–Trinajstić information content (AvgIpc) is 2.27. The number of Topliss-reactive ketones (excluding diaryl/α,β-unsaturated/α-hetero) is 1. The fourth-order valence-corrected chi connectivity index (χ4v) is 1.22. The fourth-order valence-electron chi connectivity index (χ4n) is 1.22. The lowest BCUT2D eigenvalue weighted by Gasteiger charge is -2.18. The summed E-state index contributed by atoms with van der Waals surface area (Å²) in [6, 6.07) is 10.6. The molecule has 0 heterocycles. The lowest BCUT2D eigenvalue weighted by Crippen LogP contribution is -2.10. The van der Waals surface area contributed by atoms with E-state index in [0.29, 0.717) is 5.41 Å². The molecule has 0 amide bonds. The molecule has 0 spiro atoms. The molecule has 0 aromatic heterocycles. The summed E-state index contributed by atoms with van der Waals surface area (Å²) in [4.78, 5) is 19.8. The highest BCUT2D eigenvalue weighted by Gasteiger charge is 2.11. The van der Waals surface area contributed by atoms with Gasteiger partial charge in [0.15, 0.2) is 0 Å². The summed E-state index contributed by atoms with van der Waals surface area (Å²) in [5, 5.41) is 8.01. The van der Waals surface area contributed by atoms with E-state index in [2.05, 4.69) is 51.1 Å². The van der Waals surface area contributed by atoms with Gasteiger partial charge in [0.1, 0.15) is 5.78 Å². The van der Waals surface area contributed by atoms with Crippen molar-refractivity contribution in [1.29, 1.82) is 0 Å². The first-order chi connectivity index (χ1) is 8.23. The molecule has 0 fully saturated rings. The van der Waals surface area contributed by atoms with Gasteiger partial charge in [0.2, 0.25) is 0 Å². The molecule has 0 bridgehead atoms. The van der Waals surface area contributed by atoms with Crippen molar-refractivity contribution in [2.24, 2.45) is 0 Å². The highest BCUT2D eigenvalue weighted by atomic mass is 16.4. The van der Waals surface area contributed by atoms with Crippen molar-refractivity contribution < 1.29 is 14.7 Å². The first-order valence-corrected chi connectivity index (χ1v) is 6.00. The monoisotopic (exact) mass is 250 g/mol. The second kappa shape index (κ2) is 7.64. The number of hydrogen-bond acceptors (Lipinski definition) is 2. The lowest BCUT2D eigenvalue weighted by molar-refractivity contribution is -0.138. The van der Waals surface area contributed by atoms with Gasteiger partial charge in [-0.2, -0.15) is 0 Å². The van der Waals surface area contributed by atoms with Crippen LogP contribution in [-0.4, -0.2) is 16.9 Å². The van der Waals surface area contributed by atoms with Gasteiger partial charge in [-0.1, -0.05) is 51.1 Å². The minimum atomic E-state index is -0.916. The van der Waals surface area contributed by atoms with Gasteiger partial charge >= 0.3 is 5.97 Å². The van der Waals surface area contributed by atoms with Crippen molar-refractivity contribution in [2.45, 2.75) is 46.0 Å². The van der Waals surface area contributed by atoms with Crippen LogP contribution < -0.4 is 0 Å². The van der Waals surface area contributed by atoms with Crippen molar-refractivity contribution in [3.05, 3.63) is 35.9 Å². The Morgan fingerprint density at radius 2 is 1.56 bits per heavy atom. The summed E-state index contributed by atoms with van der Waals surface area (Å²) in [6.07, 6.45) is 0.102.